The summed E-state index contributed by atoms with van der Waals surface area (Å²) in [6, 6.07) is 14.9. The minimum atomic E-state index is -0.621. The van der Waals surface area contributed by atoms with Gasteiger partial charge in [-0.3, -0.25) is 19.7 Å². The second kappa shape index (κ2) is 7.50. The number of benzene rings is 2. The van der Waals surface area contributed by atoms with Gasteiger partial charge in [0.15, 0.2) is 0 Å². The van der Waals surface area contributed by atoms with Gasteiger partial charge in [0.05, 0.1) is 12.3 Å². The fourth-order valence-electron chi connectivity index (χ4n) is 4.30. The fraction of sp³-hybridized carbons (Fsp3) is 0.250. The molecule has 5 rings (SSSR count). The van der Waals surface area contributed by atoms with Crippen molar-refractivity contribution in [1.29, 1.82) is 0 Å². The van der Waals surface area contributed by atoms with Crippen LogP contribution in [0.3, 0.4) is 0 Å². The molecular weight excluding hydrogens is 394 g/mol. The Bertz CT molecular complexity index is 1240. The van der Waals surface area contributed by atoms with Gasteiger partial charge < -0.3 is 9.64 Å². The fourth-order valence-corrected chi connectivity index (χ4v) is 4.30. The van der Waals surface area contributed by atoms with Crippen LogP contribution in [0, 0.1) is 0 Å². The lowest BCUT2D eigenvalue weighted by molar-refractivity contribution is -0.136. The Morgan fingerprint density at radius 1 is 1.13 bits per heavy atom. The lowest BCUT2D eigenvalue weighted by Gasteiger charge is -2.29. The van der Waals surface area contributed by atoms with E-state index in [2.05, 4.69) is 5.32 Å². The lowest BCUT2D eigenvalue weighted by Crippen LogP contribution is -2.52. The Morgan fingerprint density at radius 2 is 1.97 bits per heavy atom. The maximum absolute atomic E-state index is 12.9. The van der Waals surface area contributed by atoms with Crippen LogP contribution >= 0.6 is 0 Å². The van der Waals surface area contributed by atoms with E-state index < -0.39 is 11.9 Å². The Balaban J connectivity index is 1.50. The second-order valence-corrected chi connectivity index (χ2v) is 7.74. The van der Waals surface area contributed by atoms with Crippen molar-refractivity contribution in [3.63, 3.8) is 0 Å². The van der Waals surface area contributed by atoms with Crippen molar-refractivity contribution in [3.8, 4) is 17.1 Å². The van der Waals surface area contributed by atoms with Crippen molar-refractivity contribution in [1.82, 2.24) is 15.2 Å². The number of carbonyl (C=O) groups excluding carboxylic acids is 3. The third-order valence-electron chi connectivity index (χ3n) is 5.81. The molecule has 0 saturated carbocycles. The highest BCUT2D eigenvalue weighted by Gasteiger charge is 2.39. The van der Waals surface area contributed by atoms with Gasteiger partial charge in [-0.15, -0.1) is 0 Å². The van der Waals surface area contributed by atoms with Gasteiger partial charge in [0, 0.05) is 29.5 Å². The topological polar surface area (TPSA) is 88.6 Å². The van der Waals surface area contributed by atoms with Crippen LogP contribution in [0.4, 0.5) is 0 Å². The zero-order chi connectivity index (χ0) is 21.5. The number of hydrogen-bond donors (Lipinski definition) is 1. The van der Waals surface area contributed by atoms with E-state index in [1.807, 2.05) is 49.4 Å². The van der Waals surface area contributed by atoms with Gasteiger partial charge >= 0.3 is 0 Å². The number of nitrogens with zero attached hydrogens (tertiary/aromatic N) is 2. The molecule has 7 nitrogen and oxygen atoms in total. The van der Waals surface area contributed by atoms with Gasteiger partial charge in [0.2, 0.25) is 17.7 Å². The van der Waals surface area contributed by atoms with Crippen LogP contribution in [-0.2, 0) is 16.1 Å². The molecule has 2 aliphatic rings. The third-order valence-corrected chi connectivity index (χ3v) is 5.81. The standard InChI is InChI=1S/C24H21N3O4/c1-2-31-23-17-6-4-3-5-14(17)12-19(25-23)15-7-8-18-16(11-15)13-27(24(18)30)20-9-10-21(28)26-22(20)29/h3-8,11-12,20H,2,9-10,13H2,1H3,(H,26,28,29). The summed E-state index contributed by atoms with van der Waals surface area (Å²) >= 11 is 0. The maximum Gasteiger partial charge on any atom is 0.255 e. The Labute approximate surface area is 179 Å². The van der Waals surface area contributed by atoms with Crippen LogP contribution in [-0.4, -0.2) is 40.3 Å². The Hall–Kier alpha value is -3.74. The van der Waals surface area contributed by atoms with Crippen LogP contribution in [0.15, 0.2) is 48.5 Å². The van der Waals surface area contributed by atoms with Gasteiger partial charge in [-0.2, -0.15) is 0 Å². The maximum atomic E-state index is 12.9. The van der Waals surface area contributed by atoms with E-state index in [0.717, 1.165) is 27.6 Å². The van der Waals surface area contributed by atoms with Gasteiger partial charge in [0.1, 0.15) is 6.04 Å². The molecule has 0 bridgehead atoms. The predicted molar refractivity (Wildman–Crippen MR) is 114 cm³/mol. The molecule has 3 aromatic rings. The second-order valence-electron chi connectivity index (χ2n) is 7.74. The number of rotatable bonds is 4. The van der Waals surface area contributed by atoms with Gasteiger partial charge in [0.25, 0.3) is 5.91 Å². The van der Waals surface area contributed by atoms with Crippen LogP contribution in [0.25, 0.3) is 22.0 Å². The lowest BCUT2D eigenvalue weighted by atomic mass is 10.0. The largest absolute Gasteiger partial charge is 0.478 e. The molecule has 1 aromatic heterocycles. The number of carbonyl (C=O) groups is 3. The number of amides is 3. The molecule has 0 aliphatic carbocycles. The zero-order valence-corrected chi connectivity index (χ0v) is 17.1. The Morgan fingerprint density at radius 3 is 2.77 bits per heavy atom. The van der Waals surface area contributed by atoms with E-state index in [9.17, 15) is 14.4 Å². The number of piperidine rings is 1. The quantitative estimate of drug-likeness (QED) is 0.662. The first-order valence-corrected chi connectivity index (χ1v) is 10.4. The minimum Gasteiger partial charge on any atom is -0.478 e. The smallest absolute Gasteiger partial charge is 0.255 e. The minimum absolute atomic E-state index is 0.183. The molecule has 1 unspecified atom stereocenters. The zero-order valence-electron chi connectivity index (χ0n) is 17.1. The van der Waals surface area contributed by atoms with Crippen LogP contribution in [0.5, 0.6) is 5.88 Å². The average Bonchev–Trinajstić information content (AvgIpc) is 3.09. The summed E-state index contributed by atoms with van der Waals surface area (Å²) in [6.07, 6.45) is 0.587. The molecule has 1 atom stereocenters. The molecular formula is C24H21N3O4. The molecule has 2 aromatic carbocycles. The van der Waals surface area contributed by atoms with E-state index in [-0.39, 0.29) is 18.2 Å². The van der Waals surface area contributed by atoms with Gasteiger partial charge in [-0.05, 0) is 48.6 Å². The number of fused-ring (bicyclic) bond motifs is 2. The molecule has 1 N–H and O–H groups in total. The summed E-state index contributed by atoms with van der Waals surface area (Å²) in [7, 11) is 0. The first-order chi connectivity index (χ1) is 15.0. The molecule has 1 saturated heterocycles. The molecule has 2 aliphatic heterocycles. The monoisotopic (exact) mass is 415 g/mol. The summed E-state index contributed by atoms with van der Waals surface area (Å²) in [5, 5.41) is 4.31. The summed E-state index contributed by atoms with van der Waals surface area (Å²) in [4.78, 5) is 42.9. The number of imide groups is 1. The van der Waals surface area contributed by atoms with Crippen LogP contribution < -0.4 is 10.1 Å². The van der Waals surface area contributed by atoms with Crippen molar-refractivity contribution in [2.45, 2.75) is 32.4 Å². The van der Waals surface area contributed by atoms with Crippen molar-refractivity contribution in [2.24, 2.45) is 0 Å². The third kappa shape index (κ3) is 3.32. The van der Waals surface area contributed by atoms with Crippen LogP contribution in [0.2, 0.25) is 0 Å². The molecule has 3 amide bonds. The van der Waals surface area contributed by atoms with Crippen molar-refractivity contribution < 1.29 is 19.1 Å². The molecule has 0 spiro atoms. The van der Waals surface area contributed by atoms with Crippen molar-refractivity contribution in [3.05, 3.63) is 59.7 Å². The van der Waals surface area contributed by atoms with Crippen molar-refractivity contribution >= 4 is 28.5 Å². The first-order valence-electron chi connectivity index (χ1n) is 10.4. The van der Waals surface area contributed by atoms with E-state index in [1.54, 1.807) is 11.0 Å². The number of aromatic nitrogens is 1. The molecule has 7 heteroatoms. The summed E-state index contributed by atoms with van der Waals surface area (Å²) in [5.74, 6) is -0.301. The van der Waals surface area contributed by atoms with Crippen molar-refractivity contribution in [2.75, 3.05) is 6.61 Å². The van der Waals surface area contributed by atoms with E-state index >= 15 is 0 Å². The SMILES string of the molecule is CCOc1nc(-c2ccc3c(c2)CN(C2CCC(=O)NC2=O)C3=O)cc2ccccc12. The molecule has 1 fully saturated rings. The number of hydrogen-bond acceptors (Lipinski definition) is 5. The highest BCUT2D eigenvalue weighted by molar-refractivity contribution is 6.05. The molecule has 0 radical (unpaired) electrons. The van der Waals surface area contributed by atoms with E-state index in [1.165, 1.54) is 0 Å². The number of pyridine rings is 1. The van der Waals surface area contributed by atoms with Crippen LogP contribution in [0.1, 0.15) is 35.7 Å². The van der Waals surface area contributed by atoms with E-state index in [0.29, 0.717) is 31.0 Å². The molecule has 31 heavy (non-hydrogen) atoms. The molecule has 156 valence electrons. The normalized spacial score (nSPS) is 18.3. The molecule has 3 heterocycles. The average molecular weight is 415 g/mol. The summed E-state index contributed by atoms with van der Waals surface area (Å²) in [6.45, 7) is 2.77. The van der Waals surface area contributed by atoms with Gasteiger partial charge in [-0.25, -0.2) is 4.98 Å². The highest BCUT2D eigenvalue weighted by atomic mass is 16.5. The first kappa shape index (κ1) is 19.2. The summed E-state index contributed by atoms with van der Waals surface area (Å²) < 4.78 is 5.76. The Kier molecular flexibility index (Phi) is 4.66. The predicted octanol–water partition coefficient (Wildman–Crippen LogP) is 3.06. The number of nitrogens with one attached hydrogen (secondary N) is 1. The van der Waals surface area contributed by atoms with E-state index in [4.69, 9.17) is 9.72 Å². The highest BCUT2D eigenvalue weighted by Crippen LogP contribution is 2.33. The number of ether oxygens (including phenoxy) is 1. The van der Waals surface area contributed by atoms with Gasteiger partial charge in [-0.1, -0.05) is 24.3 Å². The summed E-state index contributed by atoms with van der Waals surface area (Å²) in [5.41, 5.74) is 3.07.